The minimum atomic E-state index is -0.910. The average molecular weight is 396 g/mol. The van der Waals surface area contributed by atoms with Crippen LogP contribution in [0.2, 0.25) is 0 Å². The maximum Gasteiger partial charge on any atom is 0.407 e. The van der Waals surface area contributed by atoms with Crippen molar-refractivity contribution in [3.05, 3.63) is 18.7 Å². The molecule has 1 N–H and O–H groups in total. The monoisotopic (exact) mass is 395 g/mol. The maximum atomic E-state index is 13.1. The predicted octanol–water partition coefficient (Wildman–Crippen LogP) is 3.37. The molecule has 1 amide bonds. The number of imidazole rings is 1. The fourth-order valence-electron chi connectivity index (χ4n) is 3.07. The third kappa shape index (κ3) is 7.24. The lowest BCUT2D eigenvalue weighted by atomic mass is 9.98. The van der Waals surface area contributed by atoms with E-state index in [0.29, 0.717) is 19.4 Å². The molecule has 2 heterocycles. The third-order valence-corrected chi connectivity index (χ3v) is 4.23. The molecule has 2 rings (SSSR count). The Balaban J connectivity index is 2.22. The van der Waals surface area contributed by atoms with E-state index in [1.165, 1.54) is 17.1 Å². The molecule has 0 saturated carbocycles. The molecule has 28 heavy (non-hydrogen) atoms. The molecule has 0 radical (unpaired) electrons. The number of ether oxygens (including phenoxy) is 3. The van der Waals surface area contributed by atoms with Gasteiger partial charge >= 0.3 is 6.09 Å². The second kappa shape index (κ2) is 10.0. The van der Waals surface area contributed by atoms with Gasteiger partial charge in [0.05, 0.1) is 6.04 Å². The van der Waals surface area contributed by atoms with E-state index >= 15 is 0 Å². The number of aromatic nitrogens is 2. The molecule has 0 bridgehead atoms. The first kappa shape index (κ1) is 22.4. The summed E-state index contributed by atoms with van der Waals surface area (Å²) in [5, 5.41) is 2.84. The van der Waals surface area contributed by atoms with Gasteiger partial charge in [-0.15, -0.1) is 0 Å². The van der Waals surface area contributed by atoms with Gasteiger partial charge in [0, 0.05) is 19.0 Å². The fraction of sp³-hybridized carbons (Fsp3) is 0.750. The van der Waals surface area contributed by atoms with Gasteiger partial charge in [0.1, 0.15) is 11.9 Å². The van der Waals surface area contributed by atoms with Crippen LogP contribution in [0.4, 0.5) is 4.79 Å². The largest absolute Gasteiger partial charge is 0.444 e. The Bertz CT molecular complexity index is 618. The smallest absolute Gasteiger partial charge is 0.407 e. The first-order valence-corrected chi connectivity index (χ1v) is 9.94. The molecule has 158 valence electrons. The Kier molecular flexibility index (Phi) is 8.00. The summed E-state index contributed by atoms with van der Waals surface area (Å²) in [7, 11) is 0. The highest BCUT2D eigenvalue weighted by Gasteiger charge is 2.36. The van der Waals surface area contributed by atoms with Gasteiger partial charge in [-0.25, -0.2) is 9.78 Å². The average Bonchev–Trinajstić information content (AvgIpc) is 3.12. The van der Waals surface area contributed by atoms with Crippen LogP contribution >= 0.6 is 0 Å². The van der Waals surface area contributed by atoms with Crippen LogP contribution in [0, 0.1) is 5.92 Å². The zero-order chi connectivity index (χ0) is 20.7. The molecule has 8 heteroatoms. The summed E-state index contributed by atoms with van der Waals surface area (Å²) in [5.74, 6) is -0.0673. The number of carbonyl (C=O) groups excluding carboxylic acids is 2. The van der Waals surface area contributed by atoms with Crippen molar-refractivity contribution in [1.29, 1.82) is 0 Å². The number of nitrogens with zero attached hydrogens (tertiary/aromatic N) is 2. The maximum absolute atomic E-state index is 13.1. The highest BCUT2D eigenvalue weighted by Crippen LogP contribution is 2.21. The number of hydrogen-bond acceptors (Lipinski definition) is 6. The van der Waals surface area contributed by atoms with E-state index in [1.807, 2.05) is 13.8 Å². The van der Waals surface area contributed by atoms with Crippen molar-refractivity contribution in [3.63, 3.8) is 0 Å². The Labute approximate surface area is 166 Å². The van der Waals surface area contributed by atoms with Crippen molar-refractivity contribution in [1.82, 2.24) is 14.9 Å². The minimum Gasteiger partial charge on any atom is -0.444 e. The minimum absolute atomic E-state index is 0.230. The van der Waals surface area contributed by atoms with Crippen LogP contribution in [-0.4, -0.2) is 52.2 Å². The number of hydrogen-bond donors (Lipinski definition) is 1. The van der Waals surface area contributed by atoms with Crippen molar-refractivity contribution >= 4 is 12.0 Å². The lowest BCUT2D eigenvalue weighted by Crippen LogP contribution is -2.52. The number of rotatable bonds is 7. The standard InChI is InChI=1S/C20H33N3O5/c1-14(2)12-15(22-19(25)28-20(3,4)5)17(18(24)23-10-9-21-13-23)27-16-8-6-7-11-26-16/h9-10,13-17H,6-8,11-12H2,1-5H3,(H,22,25)/t15-,16?,17+/m0/s1. The van der Waals surface area contributed by atoms with Crippen LogP contribution in [0.3, 0.4) is 0 Å². The van der Waals surface area contributed by atoms with Crippen LogP contribution in [0.25, 0.3) is 0 Å². The fourth-order valence-corrected chi connectivity index (χ4v) is 3.07. The van der Waals surface area contributed by atoms with Gasteiger partial charge in [-0.2, -0.15) is 0 Å². The molecule has 1 aliphatic rings. The Morgan fingerprint density at radius 2 is 2.07 bits per heavy atom. The zero-order valence-electron chi connectivity index (χ0n) is 17.5. The molecule has 3 atom stereocenters. The quantitative estimate of drug-likeness (QED) is 0.761. The van der Waals surface area contributed by atoms with E-state index in [4.69, 9.17) is 14.2 Å². The van der Waals surface area contributed by atoms with Crippen molar-refractivity contribution in [3.8, 4) is 0 Å². The lowest BCUT2D eigenvalue weighted by Gasteiger charge is -2.33. The Morgan fingerprint density at radius 3 is 2.61 bits per heavy atom. The third-order valence-electron chi connectivity index (χ3n) is 4.23. The molecule has 1 aliphatic heterocycles. The summed E-state index contributed by atoms with van der Waals surface area (Å²) < 4.78 is 18.5. The molecule has 1 fully saturated rings. The molecule has 8 nitrogen and oxygen atoms in total. The molecular formula is C20H33N3O5. The topological polar surface area (TPSA) is 91.7 Å². The Morgan fingerprint density at radius 1 is 1.32 bits per heavy atom. The molecule has 0 aliphatic carbocycles. The predicted molar refractivity (Wildman–Crippen MR) is 104 cm³/mol. The number of alkyl carbamates (subject to hydrolysis) is 1. The highest BCUT2D eigenvalue weighted by molar-refractivity contribution is 5.84. The summed E-state index contributed by atoms with van der Waals surface area (Å²) in [6.07, 6.45) is 5.80. The Hall–Kier alpha value is -1.93. The normalized spacial score (nSPS) is 19.9. The van der Waals surface area contributed by atoms with E-state index in [0.717, 1.165) is 12.8 Å². The van der Waals surface area contributed by atoms with Gasteiger partial charge in [-0.3, -0.25) is 9.36 Å². The van der Waals surface area contributed by atoms with Gasteiger partial charge in [-0.1, -0.05) is 13.8 Å². The lowest BCUT2D eigenvalue weighted by molar-refractivity contribution is -0.184. The molecule has 0 spiro atoms. The summed E-state index contributed by atoms with van der Waals surface area (Å²) in [6.45, 7) is 10.0. The van der Waals surface area contributed by atoms with E-state index < -0.39 is 30.1 Å². The molecule has 1 aromatic heterocycles. The molecule has 1 aromatic rings. The first-order valence-electron chi connectivity index (χ1n) is 9.94. The van der Waals surface area contributed by atoms with Crippen LogP contribution in [0.15, 0.2) is 18.7 Å². The molecule has 0 aromatic carbocycles. The number of nitrogens with one attached hydrogen (secondary N) is 1. The molecular weight excluding hydrogens is 362 g/mol. The number of carbonyl (C=O) groups is 2. The second-order valence-electron chi connectivity index (χ2n) is 8.54. The molecule has 1 saturated heterocycles. The van der Waals surface area contributed by atoms with Gasteiger partial charge in [0.15, 0.2) is 12.4 Å². The summed E-state index contributed by atoms with van der Waals surface area (Å²) in [4.78, 5) is 29.5. The van der Waals surface area contributed by atoms with E-state index in [1.54, 1.807) is 27.0 Å². The van der Waals surface area contributed by atoms with Crippen molar-refractivity contribution in [2.75, 3.05) is 6.61 Å². The van der Waals surface area contributed by atoms with Crippen LogP contribution in [-0.2, 0) is 14.2 Å². The van der Waals surface area contributed by atoms with Crippen molar-refractivity contribution in [2.24, 2.45) is 5.92 Å². The zero-order valence-corrected chi connectivity index (χ0v) is 17.5. The van der Waals surface area contributed by atoms with Crippen LogP contribution < -0.4 is 5.32 Å². The van der Waals surface area contributed by atoms with E-state index in [-0.39, 0.29) is 11.8 Å². The van der Waals surface area contributed by atoms with E-state index in [9.17, 15) is 9.59 Å². The van der Waals surface area contributed by atoms with Crippen molar-refractivity contribution in [2.45, 2.75) is 84.3 Å². The van der Waals surface area contributed by atoms with Crippen molar-refractivity contribution < 1.29 is 23.8 Å². The van der Waals surface area contributed by atoms with Crippen LogP contribution in [0.5, 0.6) is 0 Å². The highest BCUT2D eigenvalue weighted by atomic mass is 16.7. The van der Waals surface area contributed by atoms with Gasteiger partial charge < -0.3 is 19.5 Å². The molecule has 1 unspecified atom stereocenters. The summed E-state index contributed by atoms with van der Waals surface area (Å²) in [6, 6.07) is -0.560. The van der Waals surface area contributed by atoms with Crippen LogP contribution in [0.1, 0.15) is 65.1 Å². The summed E-state index contributed by atoms with van der Waals surface area (Å²) in [5.41, 5.74) is -0.635. The number of amides is 1. The van der Waals surface area contributed by atoms with Gasteiger partial charge in [0.25, 0.3) is 5.91 Å². The van der Waals surface area contributed by atoms with Gasteiger partial charge in [-0.05, 0) is 52.4 Å². The second-order valence-corrected chi connectivity index (χ2v) is 8.54. The summed E-state index contributed by atoms with van der Waals surface area (Å²) >= 11 is 0. The SMILES string of the molecule is CC(C)C[C@H](NC(=O)OC(C)(C)C)[C@@H](OC1CCCCO1)C(=O)n1ccnc1. The van der Waals surface area contributed by atoms with E-state index in [2.05, 4.69) is 10.3 Å². The van der Waals surface area contributed by atoms with Gasteiger partial charge in [0.2, 0.25) is 0 Å². The first-order chi connectivity index (χ1) is 13.2.